The van der Waals surface area contributed by atoms with Crippen molar-refractivity contribution in [2.24, 2.45) is 0 Å². The largest absolute Gasteiger partial charge is 0.468 e. The number of ether oxygens (including phenoxy) is 1. The first kappa shape index (κ1) is 14.7. The molecule has 0 radical (unpaired) electrons. The molecule has 0 aromatic carbocycles. The predicted octanol–water partition coefficient (Wildman–Crippen LogP) is 1.38. The number of anilines is 1. The van der Waals surface area contributed by atoms with Crippen molar-refractivity contribution >= 4 is 17.7 Å². The van der Waals surface area contributed by atoms with Crippen LogP contribution in [0.2, 0.25) is 0 Å². The lowest BCUT2D eigenvalue weighted by atomic mass is 10.1. The average Bonchev–Trinajstić information content (AvgIpc) is 2.76. The molecule has 21 heavy (non-hydrogen) atoms. The molecule has 0 aliphatic rings. The van der Waals surface area contributed by atoms with Gasteiger partial charge in [0, 0.05) is 30.4 Å². The van der Waals surface area contributed by atoms with E-state index in [-0.39, 0.29) is 12.5 Å². The Balaban J connectivity index is 2.48. The first-order valence-electron chi connectivity index (χ1n) is 6.35. The Morgan fingerprint density at radius 1 is 1.43 bits per heavy atom. The summed E-state index contributed by atoms with van der Waals surface area (Å²) in [5.74, 6) is -0.199. The number of hydrogen-bond donors (Lipinski definition) is 1. The topological polar surface area (TPSA) is 86.1 Å². The van der Waals surface area contributed by atoms with E-state index in [0.717, 1.165) is 11.1 Å². The lowest BCUT2D eigenvalue weighted by Gasteiger charge is -2.07. The Morgan fingerprint density at radius 3 is 2.76 bits per heavy atom. The molecule has 0 atom stereocenters. The molecular formula is C14H16N4O3. The molecule has 1 N–H and O–H groups in total. The van der Waals surface area contributed by atoms with Gasteiger partial charge in [0.2, 0.25) is 5.91 Å². The van der Waals surface area contributed by atoms with Crippen LogP contribution < -0.4 is 5.32 Å². The number of carbonyl (C=O) groups excluding carboxylic acids is 2. The van der Waals surface area contributed by atoms with E-state index in [2.05, 4.69) is 20.1 Å². The minimum absolute atomic E-state index is 0.0762. The fraction of sp³-hybridized carbons (Fsp3) is 0.286. The highest BCUT2D eigenvalue weighted by Crippen LogP contribution is 2.27. The normalized spacial score (nSPS) is 10.2. The number of nitrogens with zero attached hydrogens (tertiary/aromatic N) is 3. The van der Waals surface area contributed by atoms with Gasteiger partial charge in [-0.15, -0.1) is 0 Å². The second-order valence-electron chi connectivity index (χ2n) is 4.48. The maximum absolute atomic E-state index is 11.5. The third kappa shape index (κ3) is 3.25. The van der Waals surface area contributed by atoms with Crippen molar-refractivity contribution in [3.05, 3.63) is 30.1 Å². The van der Waals surface area contributed by atoms with Gasteiger partial charge in [-0.3, -0.25) is 14.6 Å². The molecule has 2 rings (SSSR count). The molecule has 0 aliphatic heterocycles. The number of pyridine rings is 1. The van der Waals surface area contributed by atoms with Crippen LogP contribution in [0.5, 0.6) is 0 Å². The van der Waals surface area contributed by atoms with Crippen LogP contribution in [0.4, 0.5) is 5.82 Å². The molecule has 0 saturated heterocycles. The van der Waals surface area contributed by atoms with Crippen LogP contribution in [0.1, 0.15) is 12.5 Å². The first-order chi connectivity index (χ1) is 10.0. The molecule has 0 unspecified atom stereocenters. The Hall–Kier alpha value is -2.70. The second-order valence-corrected chi connectivity index (χ2v) is 4.48. The number of hydrogen-bond acceptors (Lipinski definition) is 5. The Bertz CT molecular complexity index is 664. The molecule has 2 aromatic heterocycles. The van der Waals surface area contributed by atoms with Gasteiger partial charge in [0.25, 0.3) is 0 Å². The van der Waals surface area contributed by atoms with Crippen molar-refractivity contribution in [2.45, 2.75) is 20.4 Å². The molecule has 7 nitrogen and oxygen atoms in total. The number of carbonyl (C=O) groups is 2. The predicted molar refractivity (Wildman–Crippen MR) is 76.5 cm³/mol. The molecule has 1 amide bonds. The number of amides is 1. The van der Waals surface area contributed by atoms with Gasteiger partial charge >= 0.3 is 5.97 Å². The van der Waals surface area contributed by atoms with E-state index < -0.39 is 5.97 Å². The molecule has 0 saturated carbocycles. The molecule has 2 aromatic rings. The van der Waals surface area contributed by atoms with Gasteiger partial charge in [-0.25, -0.2) is 4.68 Å². The summed E-state index contributed by atoms with van der Waals surface area (Å²) in [4.78, 5) is 26.9. The molecule has 0 spiro atoms. The monoisotopic (exact) mass is 288 g/mol. The minimum Gasteiger partial charge on any atom is -0.468 e. The summed E-state index contributed by atoms with van der Waals surface area (Å²) in [6, 6.07) is 3.66. The van der Waals surface area contributed by atoms with Crippen LogP contribution in [-0.4, -0.2) is 33.8 Å². The average molecular weight is 288 g/mol. The maximum Gasteiger partial charge on any atom is 0.327 e. The molecule has 0 fully saturated rings. The lowest BCUT2D eigenvalue weighted by molar-refractivity contribution is -0.141. The standard InChI is InChI=1S/C14H16N4O3/c1-9-13(11-5-4-6-15-7-11)17-18(8-12(20)21-3)14(9)16-10(2)19/h4-7H,8H2,1-3H3,(H,16,19). The zero-order valence-electron chi connectivity index (χ0n) is 12.1. The summed E-state index contributed by atoms with van der Waals surface area (Å²) in [5.41, 5.74) is 2.24. The second kappa shape index (κ2) is 6.17. The van der Waals surface area contributed by atoms with Gasteiger partial charge in [-0.2, -0.15) is 5.10 Å². The maximum atomic E-state index is 11.5. The fourth-order valence-electron chi connectivity index (χ4n) is 1.95. The Labute approximate surface area is 121 Å². The smallest absolute Gasteiger partial charge is 0.327 e. The highest BCUT2D eigenvalue weighted by atomic mass is 16.5. The van der Waals surface area contributed by atoms with Crippen molar-refractivity contribution in [3.63, 3.8) is 0 Å². The van der Waals surface area contributed by atoms with Crippen LogP contribution in [0.15, 0.2) is 24.5 Å². The van der Waals surface area contributed by atoms with E-state index in [9.17, 15) is 9.59 Å². The van der Waals surface area contributed by atoms with E-state index in [4.69, 9.17) is 0 Å². The van der Waals surface area contributed by atoms with Gasteiger partial charge in [0.15, 0.2) is 0 Å². The van der Waals surface area contributed by atoms with Crippen molar-refractivity contribution in [3.8, 4) is 11.3 Å². The SMILES string of the molecule is COC(=O)Cn1nc(-c2cccnc2)c(C)c1NC(C)=O. The van der Waals surface area contributed by atoms with Crippen molar-refractivity contribution in [1.29, 1.82) is 0 Å². The zero-order valence-corrected chi connectivity index (χ0v) is 12.1. The van der Waals surface area contributed by atoms with Crippen molar-refractivity contribution in [2.75, 3.05) is 12.4 Å². The van der Waals surface area contributed by atoms with Crippen molar-refractivity contribution in [1.82, 2.24) is 14.8 Å². The van der Waals surface area contributed by atoms with E-state index in [1.807, 2.05) is 13.0 Å². The Morgan fingerprint density at radius 2 is 2.19 bits per heavy atom. The molecular weight excluding hydrogens is 272 g/mol. The summed E-state index contributed by atoms with van der Waals surface area (Å²) >= 11 is 0. The molecule has 0 aliphatic carbocycles. The summed E-state index contributed by atoms with van der Waals surface area (Å²) < 4.78 is 6.07. The fourth-order valence-corrected chi connectivity index (χ4v) is 1.95. The van der Waals surface area contributed by atoms with Crippen LogP contribution in [0.25, 0.3) is 11.3 Å². The molecule has 0 bridgehead atoms. The van der Waals surface area contributed by atoms with Crippen LogP contribution in [0, 0.1) is 6.92 Å². The number of rotatable bonds is 4. The van der Waals surface area contributed by atoms with Crippen molar-refractivity contribution < 1.29 is 14.3 Å². The van der Waals surface area contributed by atoms with E-state index in [0.29, 0.717) is 11.5 Å². The number of aromatic nitrogens is 3. The lowest BCUT2D eigenvalue weighted by Crippen LogP contribution is -2.17. The van der Waals surface area contributed by atoms with E-state index >= 15 is 0 Å². The highest BCUT2D eigenvalue weighted by Gasteiger charge is 2.18. The van der Waals surface area contributed by atoms with Crippen LogP contribution in [0.3, 0.4) is 0 Å². The van der Waals surface area contributed by atoms with Crippen LogP contribution in [-0.2, 0) is 20.9 Å². The van der Waals surface area contributed by atoms with Gasteiger partial charge < -0.3 is 10.1 Å². The third-order valence-corrected chi connectivity index (χ3v) is 2.93. The molecule has 2 heterocycles. The zero-order chi connectivity index (χ0) is 15.4. The minimum atomic E-state index is -0.443. The molecule has 110 valence electrons. The summed E-state index contributed by atoms with van der Waals surface area (Å²) in [6.07, 6.45) is 3.34. The summed E-state index contributed by atoms with van der Waals surface area (Å²) in [7, 11) is 1.30. The van der Waals surface area contributed by atoms with E-state index in [1.165, 1.54) is 18.7 Å². The summed E-state index contributed by atoms with van der Waals surface area (Å²) in [6.45, 7) is 3.15. The van der Waals surface area contributed by atoms with Crippen LogP contribution >= 0.6 is 0 Å². The Kier molecular flexibility index (Phi) is 4.32. The first-order valence-corrected chi connectivity index (χ1v) is 6.35. The van der Waals surface area contributed by atoms with E-state index in [1.54, 1.807) is 18.5 Å². The number of methoxy groups -OCH3 is 1. The quantitative estimate of drug-likeness (QED) is 0.859. The van der Waals surface area contributed by atoms with Gasteiger partial charge in [-0.05, 0) is 19.1 Å². The summed E-state index contributed by atoms with van der Waals surface area (Å²) in [5, 5.41) is 7.08. The molecule has 7 heteroatoms. The van der Waals surface area contributed by atoms with Gasteiger partial charge in [-0.1, -0.05) is 0 Å². The number of esters is 1. The van der Waals surface area contributed by atoms with Gasteiger partial charge in [0.1, 0.15) is 12.4 Å². The third-order valence-electron chi connectivity index (χ3n) is 2.93. The number of nitrogens with one attached hydrogen (secondary N) is 1. The van der Waals surface area contributed by atoms with Gasteiger partial charge in [0.05, 0.1) is 12.8 Å². The highest BCUT2D eigenvalue weighted by molar-refractivity contribution is 5.90.